The molecule has 3 nitrogen and oxygen atoms in total. The van der Waals surface area contributed by atoms with Gasteiger partial charge in [0.15, 0.2) is 5.76 Å². The molecule has 1 aromatic heterocycles. The van der Waals surface area contributed by atoms with Gasteiger partial charge in [-0.2, -0.15) is 0 Å². The van der Waals surface area contributed by atoms with Crippen LogP contribution in [0.2, 0.25) is 0 Å². The highest BCUT2D eigenvalue weighted by molar-refractivity contribution is 5.92. The Balaban J connectivity index is 0.000000791. The maximum absolute atomic E-state index is 11.3. The molecule has 3 heteroatoms. The van der Waals surface area contributed by atoms with Gasteiger partial charge in [-0.25, -0.2) is 0 Å². The Hall–Kier alpha value is -1.25. The molecule has 0 fully saturated rings. The molecule has 14 heavy (non-hydrogen) atoms. The van der Waals surface area contributed by atoms with Crippen molar-refractivity contribution in [2.24, 2.45) is 0 Å². The zero-order chi connectivity index (χ0) is 11.1. The van der Waals surface area contributed by atoms with Crippen molar-refractivity contribution in [3.63, 3.8) is 0 Å². The first-order chi connectivity index (χ1) is 6.61. The highest BCUT2D eigenvalue weighted by atomic mass is 16.3. The zero-order valence-electron chi connectivity index (χ0n) is 9.55. The Labute approximate surface area is 85.5 Å². The summed E-state index contributed by atoms with van der Waals surface area (Å²) in [7, 11) is 0. The van der Waals surface area contributed by atoms with Crippen molar-refractivity contribution in [1.29, 1.82) is 0 Å². The average Bonchev–Trinajstić information content (AvgIpc) is 2.54. The van der Waals surface area contributed by atoms with Crippen LogP contribution in [0, 0.1) is 6.92 Å². The Morgan fingerprint density at radius 1 is 1.43 bits per heavy atom. The molecule has 1 N–H and O–H groups in total. The fraction of sp³-hybridized carbons (Fsp3) is 0.545. The van der Waals surface area contributed by atoms with Crippen LogP contribution in [0.15, 0.2) is 16.7 Å². The summed E-state index contributed by atoms with van der Waals surface area (Å²) in [6.07, 6.45) is 1.52. The number of aryl methyl sites for hydroxylation is 1. The van der Waals surface area contributed by atoms with Gasteiger partial charge >= 0.3 is 0 Å². The van der Waals surface area contributed by atoms with E-state index in [2.05, 4.69) is 5.32 Å². The molecule has 1 heterocycles. The molecule has 1 amide bonds. The van der Waals surface area contributed by atoms with E-state index in [0.717, 1.165) is 5.56 Å². The largest absolute Gasteiger partial charge is 0.459 e. The number of carbonyl (C=O) groups is 1. The first-order valence-corrected chi connectivity index (χ1v) is 4.96. The minimum Gasteiger partial charge on any atom is -0.459 e. The summed E-state index contributed by atoms with van der Waals surface area (Å²) in [5.41, 5.74) is 0.869. The molecule has 0 unspecified atom stereocenters. The van der Waals surface area contributed by atoms with E-state index in [9.17, 15) is 4.79 Å². The highest BCUT2D eigenvalue weighted by Gasteiger charge is 2.12. The quantitative estimate of drug-likeness (QED) is 0.792. The maximum atomic E-state index is 11.3. The fourth-order valence-electron chi connectivity index (χ4n) is 0.933. The van der Waals surface area contributed by atoms with Crippen LogP contribution in [0.5, 0.6) is 0 Å². The topological polar surface area (TPSA) is 42.2 Å². The predicted octanol–water partition coefficient (Wildman–Crippen LogP) is 2.75. The van der Waals surface area contributed by atoms with Gasteiger partial charge in [0.1, 0.15) is 0 Å². The van der Waals surface area contributed by atoms with Crippen molar-refractivity contribution in [1.82, 2.24) is 5.32 Å². The van der Waals surface area contributed by atoms with Crippen LogP contribution in [0.4, 0.5) is 0 Å². The van der Waals surface area contributed by atoms with E-state index >= 15 is 0 Å². The molecular formula is C11H19NO2. The van der Waals surface area contributed by atoms with Crippen molar-refractivity contribution in [3.8, 4) is 0 Å². The Bertz CT molecular complexity index is 277. The van der Waals surface area contributed by atoms with Gasteiger partial charge in [-0.3, -0.25) is 4.79 Å². The predicted molar refractivity (Wildman–Crippen MR) is 57.4 cm³/mol. The third-order valence-corrected chi connectivity index (χ3v) is 1.49. The van der Waals surface area contributed by atoms with E-state index in [1.54, 1.807) is 6.07 Å². The van der Waals surface area contributed by atoms with Crippen LogP contribution in [0.1, 0.15) is 43.8 Å². The summed E-state index contributed by atoms with van der Waals surface area (Å²) < 4.78 is 5.01. The molecule has 1 aromatic rings. The molecule has 0 aliphatic rings. The van der Waals surface area contributed by atoms with Crippen molar-refractivity contribution in [2.75, 3.05) is 0 Å². The van der Waals surface area contributed by atoms with Crippen molar-refractivity contribution in [2.45, 2.75) is 40.7 Å². The van der Waals surface area contributed by atoms with Gasteiger partial charge in [0.05, 0.1) is 6.26 Å². The van der Waals surface area contributed by atoms with Crippen LogP contribution in [0.25, 0.3) is 0 Å². The molecule has 80 valence electrons. The van der Waals surface area contributed by atoms with Crippen molar-refractivity contribution < 1.29 is 9.21 Å². The van der Waals surface area contributed by atoms with Gasteiger partial charge in [-0.05, 0) is 26.8 Å². The third-order valence-electron chi connectivity index (χ3n) is 1.49. The second-order valence-corrected chi connectivity index (χ2v) is 3.06. The second kappa shape index (κ2) is 6.24. The molecule has 0 saturated heterocycles. The van der Waals surface area contributed by atoms with Crippen molar-refractivity contribution in [3.05, 3.63) is 23.7 Å². The number of hydrogen-bond acceptors (Lipinski definition) is 2. The number of rotatable bonds is 2. The van der Waals surface area contributed by atoms with Crippen molar-refractivity contribution >= 4 is 5.91 Å². The summed E-state index contributed by atoms with van der Waals surface area (Å²) in [6, 6.07) is 1.91. The molecule has 0 aliphatic heterocycles. The normalized spacial score (nSPS) is 9.29. The SMILES string of the molecule is CC.Cc1ccoc1C(=O)NC(C)C. The zero-order valence-corrected chi connectivity index (χ0v) is 9.55. The summed E-state index contributed by atoms with van der Waals surface area (Å²) in [4.78, 5) is 11.3. The Morgan fingerprint density at radius 3 is 2.36 bits per heavy atom. The first kappa shape index (κ1) is 12.8. The minimum atomic E-state index is -0.146. The van der Waals surface area contributed by atoms with Gasteiger partial charge in [-0.15, -0.1) is 0 Å². The smallest absolute Gasteiger partial charge is 0.287 e. The van der Waals surface area contributed by atoms with Gasteiger partial charge in [0, 0.05) is 11.6 Å². The third kappa shape index (κ3) is 3.64. The van der Waals surface area contributed by atoms with Gasteiger partial charge in [0.25, 0.3) is 5.91 Å². The number of hydrogen-bond donors (Lipinski definition) is 1. The lowest BCUT2D eigenvalue weighted by molar-refractivity contribution is 0.0914. The molecule has 0 radical (unpaired) electrons. The van der Waals surface area contributed by atoms with E-state index in [1.165, 1.54) is 6.26 Å². The molecule has 0 spiro atoms. The lowest BCUT2D eigenvalue weighted by Crippen LogP contribution is -2.30. The molecular weight excluding hydrogens is 178 g/mol. The summed E-state index contributed by atoms with van der Waals surface area (Å²) in [6.45, 7) is 9.67. The number of nitrogens with one attached hydrogen (secondary N) is 1. The minimum absolute atomic E-state index is 0.141. The number of carbonyl (C=O) groups excluding carboxylic acids is 1. The summed E-state index contributed by atoms with van der Waals surface area (Å²) >= 11 is 0. The fourth-order valence-corrected chi connectivity index (χ4v) is 0.933. The van der Waals surface area contributed by atoms with Crippen LogP contribution >= 0.6 is 0 Å². The summed E-state index contributed by atoms with van der Waals surface area (Å²) in [5, 5.41) is 2.75. The van der Waals surface area contributed by atoms with Crippen LogP contribution in [-0.2, 0) is 0 Å². The van der Waals surface area contributed by atoms with E-state index in [1.807, 2.05) is 34.6 Å². The molecule has 0 bridgehead atoms. The van der Waals surface area contributed by atoms with Gasteiger partial charge in [0.2, 0.25) is 0 Å². The lowest BCUT2D eigenvalue weighted by Gasteiger charge is -2.05. The first-order valence-electron chi connectivity index (χ1n) is 4.96. The van der Waals surface area contributed by atoms with Crippen LogP contribution < -0.4 is 5.32 Å². The van der Waals surface area contributed by atoms with E-state index in [-0.39, 0.29) is 11.9 Å². The molecule has 0 atom stereocenters. The maximum Gasteiger partial charge on any atom is 0.287 e. The van der Waals surface area contributed by atoms with Gasteiger partial charge < -0.3 is 9.73 Å². The molecule has 0 aliphatic carbocycles. The standard InChI is InChI=1S/C9H13NO2.C2H6/c1-6(2)10-9(11)8-7(3)4-5-12-8;1-2/h4-6H,1-3H3,(H,10,11);1-2H3. The second-order valence-electron chi connectivity index (χ2n) is 3.06. The number of amides is 1. The van der Waals surface area contributed by atoms with E-state index in [4.69, 9.17) is 4.42 Å². The number of furan rings is 1. The van der Waals surface area contributed by atoms with Gasteiger partial charge in [-0.1, -0.05) is 13.8 Å². The van der Waals surface area contributed by atoms with E-state index < -0.39 is 0 Å². The van der Waals surface area contributed by atoms with Crippen LogP contribution in [0.3, 0.4) is 0 Å². The summed E-state index contributed by atoms with van der Waals surface area (Å²) in [5.74, 6) is 0.260. The Morgan fingerprint density at radius 2 is 2.00 bits per heavy atom. The highest BCUT2D eigenvalue weighted by Crippen LogP contribution is 2.08. The molecule has 0 aromatic carbocycles. The lowest BCUT2D eigenvalue weighted by atomic mass is 10.2. The molecule has 0 saturated carbocycles. The molecule has 1 rings (SSSR count). The monoisotopic (exact) mass is 197 g/mol. The Kier molecular flexibility index (Phi) is 5.68. The average molecular weight is 197 g/mol. The van der Waals surface area contributed by atoms with E-state index in [0.29, 0.717) is 5.76 Å². The van der Waals surface area contributed by atoms with Crippen LogP contribution in [-0.4, -0.2) is 11.9 Å².